The van der Waals surface area contributed by atoms with E-state index in [9.17, 15) is 18.0 Å². The highest BCUT2D eigenvalue weighted by molar-refractivity contribution is 7.22. The van der Waals surface area contributed by atoms with Crippen molar-refractivity contribution in [2.45, 2.75) is 6.18 Å². The number of halogens is 3. The number of benzene rings is 1. The normalized spacial score (nSPS) is 11.5. The molecule has 0 aliphatic rings. The van der Waals surface area contributed by atoms with Crippen LogP contribution in [0.15, 0.2) is 42.6 Å². The van der Waals surface area contributed by atoms with E-state index in [1.807, 2.05) is 24.3 Å². The largest absolute Gasteiger partial charge is 0.468 e. The molecule has 0 saturated carbocycles. The molecular formula is C16H12F3N3O2S. The number of para-hydroxylation sites is 1. The molecular weight excluding hydrogens is 355 g/mol. The van der Waals surface area contributed by atoms with Crippen molar-refractivity contribution in [1.82, 2.24) is 9.97 Å². The predicted octanol–water partition coefficient (Wildman–Crippen LogP) is 3.91. The molecule has 3 aromatic rings. The molecule has 9 heteroatoms. The zero-order valence-electron chi connectivity index (χ0n) is 12.9. The number of aromatic nitrogens is 2. The predicted molar refractivity (Wildman–Crippen MR) is 88.1 cm³/mol. The molecule has 0 fully saturated rings. The maximum atomic E-state index is 12.5. The summed E-state index contributed by atoms with van der Waals surface area (Å²) < 4.78 is 41.8. The van der Waals surface area contributed by atoms with Crippen LogP contribution in [0.25, 0.3) is 10.2 Å². The number of thiazole rings is 1. The van der Waals surface area contributed by atoms with Crippen molar-refractivity contribution in [3.63, 3.8) is 0 Å². The Labute approximate surface area is 144 Å². The number of carbonyl (C=O) groups excluding carboxylic acids is 1. The molecule has 2 heterocycles. The van der Waals surface area contributed by atoms with Gasteiger partial charge in [0, 0.05) is 19.3 Å². The van der Waals surface area contributed by atoms with E-state index in [1.54, 1.807) is 7.05 Å². The number of alkyl halides is 3. The molecule has 130 valence electrons. The van der Waals surface area contributed by atoms with Crippen molar-refractivity contribution < 1.29 is 22.7 Å². The summed E-state index contributed by atoms with van der Waals surface area (Å²) in [6.07, 6.45) is -3.26. The molecule has 1 amide bonds. The third-order valence-electron chi connectivity index (χ3n) is 3.24. The average Bonchev–Trinajstić information content (AvgIpc) is 3.02. The van der Waals surface area contributed by atoms with Gasteiger partial charge in [0.05, 0.1) is 15.8 Å². The minimum atomic E-state index is -4.44. The van der Waals surface area contributed by atoms with E-state index in [0.717, 1.165) is 10.2 Å². The highest BCUT2D eigenvalue weighted by Gasteiger charge is 2.28. The quantitative estimate of drug-likeness (QED) is 0.702. The first-order valence-electron chi connectivity index (χ1n) is 7.13. The molecule has 5 nitrogen and oxygen atoms in total. The van der Waals surface area contributed by atoms with Crippen molar-refractivity contribution in [3.05, 3.63) is 48.2 Å². The number of nitrogens with zero attached hydrogens (tertiary/aromatic N) is 3. The van der Waals surface area contributed by atoms with Crippen LogP contribution in [-0.4, -0.2) is 35.7 Å². The molecule has 0 aliphatic carbocycles. The van der Waals surface area contributed by atoms with Crippen LogP contribution in [0.3, 0.4) is 0 Å². The summed E-state index contributed by atoms with van der Waals surface area (Å²) in [6, 6.07) is 10.1. The molecule has 0 saturated heterocycles. The van der Waals surface area contributed by atoms with E-state index >= 15 is 0 Å². The van der Waals surface area contributed by atoms with Gasteiger partial charge in [0.25, 0.3) is 5.91 Å². The molecule has 25 heavy (non-hydrogen) atoms. The number of carbonyl (C=O) groups is 1. The molecule has 0 aliphatic heterocycles. The van der Waals surface area contributed by atoms with E-state index in [2.05, 4.69) is 14.7 Å². The van der Waals surface area contributed by atoms with E-state index in [1.165, 1.54) is 34.6 Å². The number of amides is 1. The van der Waals surface area contributed by atoms with Gasteiger partial charge in [-0.2, -0.15) is 13.2 Å². The zero-order chi connectivity index (χ0) is 18.0. The molecule has 1 aromatic carbocycles. The van der Waals surface area contributed by atoms with Gasteiger partial charge in [-0.1, -0.05) is 23.5 Å². The Morgan fingerprint density at radius 2 is 2.00 bits per heavy atom. The summed E-state index contributed by atoms with van der Waals surface area (Å²) in [7, 11) is 1.58. The lowest BCUT2D eigenvalue weighted by molar-refractivity contribution is -0.154. The third kappa shape index (κ3) is 4.05. The number of hydrogen-bond donors (Lipinski definition) is 0. The second kappa shape index (κ2) is 6.67. The summed E-state index contributed by atoms with van der Waals surface area (Å²) >= 11 is 1.37. The van der Waals surface area contributed by atoms with E-state index in [0.29, 0.717) is 5.13 Å². The summed E-state index contributed by atoms with van der Waals surface area (Å²) in [5, 5.41) is 0.517. The first kappa shape index (κ1) is 17.2. The van der Waals surface area contributed by atoms with Crippen LogP contribution in [0.1, 0.15) is 10.4 Å². The minimum absolute atomic E-state index is 0.198. The SMILES string of the molecule is CN(C(=O)c1ccc(OCC(F)(F)F)nc1)c1nc2ccccc2s1. The molecule has 0 N–H and O–H groups in total. The van der Waals surface area contributed by atoms with Gasteiger partial charge in [-0.05, 0) is 18.2 Å². The maximum absolute atomic E-state index is 12.5. The molecule has 3 rings (SSSR count). The highest BCUT2D eigenvalue weighted by atomic mass is 32.1. The van der Waals surface area contributed by atoms with Crippen LogP contribution >= 0.6 is 11.3 Å². The van der Waals surface area contributed by atoms with Gasteiger partial charge in [-0.25, -0.2) is 9.97 Å². The second-order valence-corrected chi connectivity index (χ2v) is 6.13. The molecule has 0 spiro atoms. The number of anilines is 1. The first-order valence-corrected chi connectivity index (χ1v) is 7.94. The lowest BCUT2D eigenvalue weighted by Crippen LogP contribution is -2.26. The van der Waals surface area contributed by atoms with Crippen LogP contribution in [0.4, 0.5) is 18.3 Å². The van der Waals surface area contributed by atoms with Crippen LogP contribution in [0.5, 0.6) is 5.88 Å². The van der Waals surface area contributed by atoms with Gasteiger partial charge in [-0.15, -0.1) is 0 Å². The van der Waals surface area contributed by atoms with Crippen LogP contribution in [-0.2, 0) is 0 Å². The molecule has 0 unspecified atom stereocenters. The van der Waals surface area contributed by atoms with E-state index in [-0.39, 0.29) is 17.4 Å². The van der Waals surface area contributed by atoms with Gasteiger partial charge < -0.3 is 4.74 Å². The van der Waals surface area contributed by atoms with Gasteiger partial charge in [0.2, 0.25) is 5.88 Å². The Bertz CT molecular complexity index is 861. The Morgan fingerprint density at radius 1 is 1.24 bits per heavy atom. The summed E-state index contributed by atoms with van der Waals surface area (Å²) in [6.45, 7) is -1.43. The summed E-state index contributed by atoms with van der Waals surface area (Å²) in [5.41, 5.74) is 1.01. The molecule has 2 aromatic heterocycles. The van der Waals surface area contributed by atoms with E-state index in [4.69, 9.17) is 0 Å². The van der Waals surface area contributed by atoms with Crippen molar-refractivity contribution in [2.75, 3.05) is 18.6 Å². The van der Waals surface area contributed by atoms with Gasteiger partial charge in [-0.3, -0.25) is 9.69 Å². The maximum Gasteiger partial charge on any atom is 0.422 e. The number of fused-ring (bicyclic) bond motifs is 1. The smallest absolute Gasteiger partial charge is 0.422 e. The Balaban J connectivity index is 1.73. The Morgan fingerprint density at radius 3 is 2.64 bits per heavy atom. The standard InChI is InChI=1S/C16H12F3N3O2S/c1-22(15-21-11-4-2-3-5-12(11)25-15)14(23)10-6-7-13(20-8-10)24-9-16(17,18)19/h2-8H,9H2,1H3. The van der Waals surface area contributed by atoms with Crippen LogP contribution in [0, 0.1) is 0 Å². The van der Waals surface area contributed by atoms with Gasteiger partial charge >= 0.3 is 6.18 Å². The Kier molecular flexibility index (Phi) is 4.58. The molecule has 0 atom stereocenters. The topological polar surface area (TPSA) is 55.3 Å². The van der Waals surface area contributed by atoms with Crippen LogP contribution < -0.4 is 9.64 Å². The fourth-order valence-electron chi connectivity index (χ4n) is 2.03. The van der Waals surface area contributed by atoms with Crippen molar-refractivity contribution in [2.24, 2.45) is 0 Å². The zero-order valence-corrected chi connectivity index (χ0v) is 13.8. The van der Waals surface area contributed by atoms with Crippen molar-refractivity contribution in [3.8, 4) is 5.88 Å². The molecule has 0 radical (unpaired) electrons. The number of rotatable bonds is 4. The van der Waals surface area contributed by atoms with Gasteiger partial charge in [0.1, 0.15) is 0 Å². The fraction of sp³-hybridized carbons (Fsp3) is 0.188. The third-order valence-corrected chi connectivity index (χ3v) is 4.35. The van der Waals surface area contributed by atoms with Crippen molar-refractivity contribution in [1.29, 1.82) is 0 Å². The number of pyridine rings is 1. The number of hydrogen-bond acceptors (Lipinski definition) is 5. The van der Waals surface area contributed by atoms with E-state index < -0.39 is 12.8 Å². The monoisotopic (exact) mass is 367 g/mol. The summed E-state index contributed by atoms with van der Waals surface area (Å²) in [4.78, 5) is 22.0. The first-order chi connectivity index (χ1) is 11.8. The average molecular weight is 367 g/mol. The lowest BCUT2D eigenvalue weighted by atomic mass is 10.2. The summed E-state index contributed by atoms with van der Waals surface area (Å²) in [5.74, 6) is -0.564. The fourth-order valence-corrected chi connectivity index (χ4v) is 2.96. The van der Waals surface area contributed by atoms with Crippen LogP contribution in [0.2, 0.25) is 0 Å². The molecule has 0 bridgehead atoms. The highest BCUT2D eigenvalue weighted by Crippen LogP contribution is 2.28. The Hall–Kier alpha value is -2.68. The lowest BCUT2D eigenvalue weighted by Gasteiger charge is -2.14. The van der Waals surface area contributed by atoms with Crippen molar-refractivity contribution >= 4 is 32.6 Å². The minimum Gasteiger partial charge on any atom is -0.468 e. The second-order valence-electron chi connectivity index (χ2n) is 5.12. The number of ether oxygens (including phenoxy) is 1. The van der Waals surface area contributed by atoms with Gasteiger partial charge in [0.15, 0.2) is 11.7 Å².